The molecule has 0 heterocycles. The highest BCUT2D eigenvalue weighted by atomic mass is 14.8. The van der Waals surface area contributed by atoms with Crippen LogP contribution in [0.15, 0.2) is 0 Å². The van der Waals surface area contributed by atoms with Crippen LogP contribution in [0.25, 0.3) is 0 Å². The second-order valence-electron chi connectivity index (χ2n) is 6.32. The SMILES string of the molecule is CCC1CCCCC1C1(N)CCCCC1C. The third kappa shape index (κ3) is 2.16. The molecule has 2 N–H and O–H groups in total. The summed E-state index contributed by atoms with van der Waals surface area (Å²) in [5, 5.41) is 0. The van der Waals surface area contributed by atoms with Crippen LogP contribution < -0.4 is 5.73 Å². The van der Waals surface area contributed by atoms with Gasteiger partial charge in [0.1, 0.15) is 0 Å². The zero-order valence-electron chi connectivity index (χ0n) is 11.2. The Labute approximate surface area is 101 Å². The largest absolute Gasteiger partial charge is 0.325 e. The van der Waals surface area contributed by atoms with Gasteiger partial charge in [0.15, 0.2) is 0 Å². The van der Waals surface area contributed by atoms with E-state index in [4.69, 9.17) is 5.73 Å². The topological polar surface area (TPSA) is 26.0 Å². The van der Waals surface area contributed by atoms with Gasteiger partial charge in [-0.1, -0.05) is 52.4 Å². The minimum Gasteiger partial charge on any atom is -0.325 e. The molecule has 4 atom stereocenters. The van der Waals surface area contributed by atoms with E-state index in [1.807, 2.05) is 0 Å². The van der Waals surface area contributed by atoms with Crippen molar-refractivity contribution >= 4 is 0 Å². The van der Waals surface area contributed by atoms with Gasteiger partial charge in [-0.15, -0.1) is 0 Å². The van der Waals surface area contributed by atoms with E-state index in [0.717, 1.165) is 17.8 Å². The van der Waals surface area contributed by atoms with Crippen molar-refractivity contribution in [1.82, 2.24) is 0 Å². The van der Waals surface area contributed by atoms with Gasteiger partial charge in [0.2, 0.25) is 0 Å². The maximum atomic E-state index is 6.84. The summed E-state index contributed by atoms with van der Waals surface area (Å²) in [5.41, 5.74) is 7.02. The first kappa shape index (κ1) is 12.4. The number of hydrogen-bond acceptors (Lipinski definition) is 1. The highest BCUT2D eigenvalue weighted by molar-refractivity contribution is 5.00. The lowest BCUT2D eigenvalue weighted by Gasteiger charge is -2.50. The van der Waals surface area contributed by atoms with E-state index >= 15 is 0 Å². The fourth-order valence-corrected chi connectivity index (χ4v) is 4.35. The molecule has 2 aliphatic rings. The zero-order chi connectivity index (χ0) is 11.6. The summed E-state index contributed by atoms with van der Waals surface area (Å²) in [6.07, 6.45) is 12.5. The van der Waals surface area contributed by atoms with Crippen LogP contribution in [0.3, 0.4) is 0 Å². The van der Waals surface area contributed by atoms with E-state index in [9.17, 15) is 0 Å². The Hall–Kier alpha value is -0.0400. The molecule has 2 rings (SSSR count). The summed E-state index contributed by atoms with van der Waals surface area (Å²) in [6, 6.07) is 0. The molecule has 4 unspecified atom stereocenters. The van der Waals surface area contributed by atoms with Gasteiger partial charge in [-0.3, -0.25) is 0 Å². The molecule has 0 aromatic rings. The molecule has 94 valence electrons. The van der Waals surface area contributed by atoms with Crippen molar-refractivity contribution < 1.29 is 0 Å². The van der Waals surface area contributed by atoms with Crippen LogP contribution in [0, 0.1) is 17.8 Å². The molecule has 16 heavy (non-hydrogen) atoms. The van der Waals surface area contributed by atoms with E-state index in [0.29, 0.717) is 0 Å². The lowest BCUT2D eigenvalue weighted by atomic mass is 9.59. The average Bonchev–Trinajstić information content (AvgIpc) is 2.33. The summed E-state index contributed by atoms with van der Waals surface area (Å²) < 4.78 is 0. The summed E-state index contributed by atoms with van der Waals surface area (Å²) in [5.74, 6) is 2.49. The van der Waals surface area contributed by atoms with Gasteiger partial charge in [-0.05, 0) is 37.0 Å². The van der Waals surface area contributed by atoms with Crippen molar-refractivity contribution in [3.05, 3.63) is 0 Å². The standard InChI is InChI=1S/C15H29N/c1-3-13-9-4-5-10-14(13)15(16)11-7-6-8-12(15)2/h12-14H,3-11,16H2,1-2H3. The fourth-order valence-electron chi connectivity index (χ4n) is 4.35. The Balaban J connectivity index is 2.12. The van der Waals surface area contributed by atoms with Gasteiger partial charge in [-0.2, -0.15) is 0 Å². The minimum absolute atomic E-state index is 0.180. The van der Waals surface area contributed by atoms with Crippen LogP contribution in [0.5, 0.6) is 0 Å². The predicted octanol–water partition coefficient (Wildman–Crippen LogP) is 4.11. The third-order valence-electron chi connectivity index (χ3n) is 5.54. The molecule has 0 aromatic heterocycles. The van der Waals surface area contributed by atoms with E-state index in [1.54, 1.807) is 0 Å². The maximum absolute atomic E-state index is 6.84. The van der Waals surface area contributed by atoms with Crippen molar-refractivity contribution in [3.8, 4) is 0 Å². The Bertz CT molecular complexity index is 225. The van der Waals surface area contributed by atoms with Gasteiger partial charge < -0.3 is 5.73 Å². The van der Waals surface area contributed by atoms with Crippen molar-refractivity contribution in [2.45, 2.75) is 77.2 Å². The predicted molar refractivity (Wildman–Crippen MR) is 70.3 cm³/mol. The quantitative estimate of drug-likeness (QED) is 0.749. The van der Waals surface area contributed by atoms with E-state index < -0.39 is 0 Å². The van der Waals surface area contributed by atoms with Crippen LogP contribution in [0.1, 0.15) is 71.6 Å². The van der Waals surface area contributed by atoms with E-state index in [1.165, 1.54) is 57.8 Å². The highest BCUT2D eigenvalue weighted by Gasteiger charge is 2.44. The first-order valence-electron chi connectivity index (χ1n) is 7.47. The smallest absolute Gasteiger partial charge is 0.0211 e. The van der Waals surface area contributed by atoms with Gasteiger partial charge in [0.05, 0.1) is 0 Å². The monoisotopic (exact) mass is 223 g/mol. The Kier molecular flexibility index (Phi) is 3.94. The van der Waals surface area contributed by atoms with Crippen molar-refractivity contribution in [1.29, 1.82) is 0 Å². The second kappa shape index (κ2) is 5.08. The Morgan fingerprint density at radius 2 is 1.75 bits per heavy atom. The summed E-state index contributed by atoms with van der Waals surface area (Å²) in [6.45, 7) is 4.76. The molecule has 2 saturated carbocycles. The van der Waals surface area contributed by atoms with Gasteiger partial charge in [-0.25, -0.2) is 0 Å². The van der Waals surface area contributed by atoms with Gasteiger partial charge in [0.25, 0.3) is 0 Å². The van der Waals surface area contributed by atoms with E-state index in [-0.39, 0.29) is 5.54 Å². The molecular weight excluding hydrogens is 194 g/mol. The average molecular weight is 223 g/mol. The summed E-state index contributed by atoms with van der Waals surface area (Å²) in [4.78, 5) is 0. The third-order valence-corrected chi connectivity index (χ3v) is 5.54. The lowest BCUT2D eigenvalue weighted by Crippen LogP contribution is -2.56. The molecule has 0 aromatic carbocycles. The molecular formula is C15H29N. The normalized spacial score (nSPS) is 45.6. The number of hydrogen-bond donors (Lipinski definition) is 1. The Morgan fingerprint density at radius 1 is 1.06 bits per heavy atom. The van der Waals surface area contributed by atoms with Crippen LogP contribution in [-0.2, 0) is 0 Å². The lowest BCUT2D eigenvalue weighted by molar-refractivity contribution is 0.0554. The van der Waals surface area contributed by atoms with Crippen LogP contribution >= 0.6 is 0 Å². The molecule has 2 fully saturated rings. The first-order chi connectivity index (χ1) is 7.68. The minimum atomic E-state index is 0.180. The van der Waals surface area contributed by atoms with Crippen molar-refractivity contribution in [2.24, 2.45) is 23.5 Å². The fraction of sp³-hybridized carbons (Fsp3) is 1.00. The molecule has 2 aliphatic carbocycles. The molecule has 0 aliphatic heterocycles. The molecule has 0 radical (unpaired) electrons. The van der Waals surface area contributed by atoms with Crippen LogP contribution in [0.2, 0.25) is 0 Å². The molecule has 0 amide bonds. The number of nitrogens with two attached hydrogens (primary N) is 1. The second-order valence-corrected chi connectivity index (χ2v) is 6.32. The van der Waals surface area contributed by atoms with Gasteiger partial charge >= 0.3 is 0 Å². The first-order valence-corrected chi connectivity index (χ1v) is 7.47. The van der Waals surface area contributed by atoms with Crippen molar-refractivity contribution in [2.75, 3.05) is 0 Å². The molecule has 0 spiro atoms. The van der Waals surface area contributed by atoms with Gasteiger partial charge in [0, 0.05) is 5.54 Å². The maximum Gasteiger partial charge on any atom is 0.0211 e. The van der Waals surface area contributed by atoms with E-state index in [2.05, 4.69) is 13.8 Å². The molecule has 1 heteroatoms. The highest BCUT2D eigenvalue weighted by Crippen LogP contribution is 2.46. The zero-order valence-corrected chi connectivity index (χ0v) is 11.2. The van der Waals surface area contributed by atoms with Crippen LogP contribution in [0.4, 0.5) is 0 Å². The molecule has 0 saturated heterocycles. The Morgan fingerprint density at radius 3 is 2.44 bits per heavy atom. The molecule has 1 nitrogen and oxygen atoms in total. The van der Waals surface area contributed by atoms with Crippen molar-refractivity contribution in [3.63, 3.8) is 0 Å². The molecule has 0 bridgehead atoms. The number of rotatable bonds is 2. The summed E-state index contributed by atoms with van der Waals surface area (Å²) >= 11 is 0. The summed E-state index contributed by atoms with van der Waals surface area (Å²) in [7, 11) is 0. The van der Waals surface area contributed by atoms with Crippen LogP contribution in [-0.4, -0.2) is 5.54 Å².